The number of aliphatic imine (C=N–C) groups is 1. The summed E-state index contributed by atoms with van der Waals surface area (Å²) < 4.78 is 20.4. The van der Waals surface area contributed by atoms with E-state index in [2.05, 4.69) is 137 Å². The zero-order chi connectivity index (χ0) is 40.3. The number of hydrogen-bond acceptors (Lipinski definition) is 7. The fraction of sp³-hybridized carbons (Fsp3) is 0.408. The Hall–Kier alpha value is -4.48. The van der Waals surface area contributed by atoms with Crippen LogP contribution >= 0.6 is 0 Å². The van der Waals surface area contributed by atoms with Crippen LogP contribution in [-0.2, 0) is 48.6 Å². The van der Waals surface area contributed by atoms with Crippen molar-refractivity contribution in [3.8, 4) is 23.1 Å². The molecule has 3 aromatic carbocycles. The topological polar surface area (TPSA) is 69.1 Å². The number of rotatable bonds is 4. The minimum Gasteiger partial charge on any atom is -0.510 e. The van der Waals surface area contributed by atoms with Crippen molar-refractivity contribution in [1.82, 2.24) is 9.97 Å². The summed E-state index contributed by atoms with van der Waals surface area (Å²) in [5, 5.41) is 0. The predicted octanol–water partition coefficient (Wildman–Crippen LogP) is 12.3. The van der Waals surface area contributed by atoms with Crippen molar-refractivity contribution in [1.29, 1.82) is 0 Å². The van der Waals surface area contributed by atoms with E-state index in [-0.39, 0.29) is 37.3 Å². The number of aryl methyl sites for hydroxylation is 4. The van der Waals surface area contributed by atoms with Crippen molar-refractivity contribution in [3.05, 3.63) is 123 Å². The Morgan fingerprint density at radius 2 is 1.49 bits per heavy atom. The second-order valence-electron chi connectivity index (χ2n) is 19.4. The van der Waals surface area contributed by atoms with E-state index in [0.717, 1.165) is 45.9 Å². The van der Waals surface area contributed by atoms with Crippen molar-refractivity contribution >= 4 is 23.1 Å². The minimum atomic E-state index is -0.577. The van der Waals surface area contributed by atoms with Gasteiger partial charge in [-0.3, -0.25) is 9.98 Å². The SMILES string of the molecule is Cc1cnc2c(c1)Oc1cc(C(C)(C)C)ccc1N2c1[c-]c(Oc2[c-]c(C3=N[C@]4(C)c5cc(C)c(C)cc5C[C@]4(C(C)(C)C)O3)cc(C(C)(C)C)c2)nc(C)c1.[Pt+2]. The van der Waals surface area contributed by atoms with Gasteiger partial charge < -0.3 is 19.1 Å². The first-order valence-corrected chi connectivity index (χ1v) is 19.7. The van der Waals surface area contributed by atoms with Gasteiger partial charge in [-0.1, -0.05) is 98.2 Å². The molecule has 2 atom stereocenters. The molecule has 3 aliphatic rings. The molecule has 0 amide bonds. The summed E-state index contributed by atoms with van der Waals surface area (Å²) in [7, 11) is 0. The Bertz CT molecular complexity index is 2470. The zero-order valence-electron chi connectivity index (χ0n) is 35.8. The van der Waals surface area contributed by atoms with Gasteiger partial charge in [0.1, 0.15) is 22.9 Å². The quantitative estimate of drug-likeness (QED) is 0.164. The monoisotopic (exact) mass is 941 g/mol. The second-order valence-corrected chi connectivity index (χ2v) is 19.4. The molecule has 0 N–H and O–H groups in total. The number of aromatic nitrogens is 2. The largest absolute Gasteiger partial charge is 2.00 e. The maximum atomic E-state index is 7.20. The van der Waals surface area contributed by atoms with Crippen LogP contribution in [0.2, 0.25) is 0 Å². The molecule has 0 spiro atoms. The maximum Gasteiger partial charge on any atom is 2.00 e. The van der Waals surface area contributed by atoms with Crippen LogP contribution in [0.4, 0.5) is 17.2 Å². The molecule has 0 saturated carbocycles. The van der Waals surface area contributed by atoms with Gasteiger partial charge in [-0.15, -0.1) is 17.3 Å². The number of ether oxygens (including phenoxy) is 3. The number of anilines is 3. The van der Waals surface area contributed by atoms with Crippen LogP contribution in [0, 0.1) is 45.2 Å². The number of fused-ring (bicyclic) bond motifs is 5. The van der Waals surface area contributed by atoms with Crippen molar-refractivity contribution in [3.63, 3.8) is 0 Å². The number of benzene rings is 3. The van der Waals surface area contributed by atoms with Crippen molar-refractivity contribution in [2.75, 3.05) is 4.90 Å². The van der Waals surface area contributed by atoms with Crippen LogP contribution in [-0.4, -0.2) is 21.5 Å². The van der Waals surface area contributed by atoms with Crippen LogP contribution in [0.1, 0.15) is 119 Å². The summed E-state index contributed by atoms with van der Waals surface area (Å²) in [6.07, 6.45) is 2.64. The van der Waals surface area contributed by atoms with Gasteiger partial charge in [0.25, 0.3) is 0 Å². The fourth-order valence-electron chi connectivity index (χ4n) is 8.56. The summed E-state index contributed by atoms with van der Waals surface area (Å²) in [4.78, 5) is 17.2. The summed E-state index contributed by atoms with van der Waals surface area (Å²) in [6.45, 7) is 30.6. The predicted molar refractivity (Wildman–Crippen MR) is 225 cm³/mol. The van der Waals surface area contributed by atoms with E-state index in [1.807, 2.05) is 38.2 Å². The molecular formula is C49H54N4O3Pt. The molecular weight excluding hydrogens is 888 g/mol. The molecule has 0 bridgehead atoms. The summed E-state index contributed by atoms with van der Waals surface area (Å²) in [5.74, 6) is 3.55. The Kier molecular flexibility index (Phi) is 9.67. The summed E-state index contributed by atoms with van der Waals surface area (Å²) in [6, 6.07) is 26.3. The zero-order valence-corrected chi connectivity index (χ0v) is 38.1. The number of nitrogens with zero attached hydrogens (tertiary/aromatic N) is 4. The van der Waals surface area contributed by atoms with Crippen LogP contribution in [0.25, 0.3) is 0 Å². The van der Waals surface area contributed by atoms with Crippen LogP contribution in [0.3, 0.4) is 0 Å². The van der Waals surface area contributed by atoms with Crippen molar-refractivity contribution < 1.29 is 35.3 Å². The van der Waals surface area contributed by atoms with E-state index in [4.69, 9.17) is 29.2 Å². The first-order chi connectivity index (χ1) is 26.1. The van der Waals surface area contributed by atoms with Gasteiger partial charge in [-0.05, 0) is 103 Å². The molecule has 5 aromatic rings. The molecule has 4 heterocycles. The molecule has 0 fully saturated rings. The van der Waals surface area contributed by atoms with E-state index >= 15 is 0 Å². The number of hydrogen-bond donors (Lipinski definition) is 0. The average molecular weight is 942 g/mol. The average Bonchev–Trinajstić information content (AvgIpc) is 3.52. The van der Waals surface area contributed by atoms with Gasteiger partial charge in [0, 0.05) is 23.8 Å². The van der Waals surface area contributed by atoms with Crippen LogP contribution in [0.5, 0.6) is 23.1 Å². The van der Waals surface area contributed by atoms with Crippen LogP contribution in [0.15, 0.2) is 65.8 Å². The molecule has 0 unspecified atom stereocenters. The van der Waals surface area contributed by atoms with Gasteiger partial charge in [0.05, 0.1) is 5.69 Å². The summed E-state index contributed by atoms with van der Waals surface area (Å²) >= 11 is 0. The molecule has 0 saturated heterocycles. The molecule has 0 radical (unpaired) electrons. The molecule has 298 valence electrons. The summed E-state index contributed by atoms with van der Waals surface area (Å²) in [5.41, 5.74) is 9.91. The van der Waals surface area contributed by atoms with Gasteiger partial charge in [-0.2, -0.15) is 12.1 Å². The van der Waals surface area contributed by atoms with E-state index < -0.39 is 11.1 Å². The third-order valence-electron chi connectivity index (χ3n) is 12.0. The van der Waals surface area contributed by atoms with Gasteiger partial charge in [-0.25, -0.2) is 4.98 Å². The molecule has 7 nitrogen and oxygen atoms in total. The van der Waals surface area contributed by atoms with Crippen molar-refractivity contribution in [2.24, 2.45) is 10.4 Å². The molecule has 2 aromatic heterocycles. The number of pyridine rings is 2. The normalized spacial score (nSPS) is 19.7. The first-order valence-electron chi connectivity index (χ1n) is 19.7. The van der Waals surface area contributed by atoms with E-state index in [1.165, 1.54) is 27.8 Å². The van der Waals surface area contributed by atoms with E-state index in [1.54, 1.807) is 0 Å². The van der Waals surface area contributed by atoms with Crippen LogP contribution < -0.4 is 14.4 Å². The maximum absolute atomic E-state index is 7.20. The first kappa shape index (κ1) is 40.7. The molecule has 1 aliphatic carbocycles. The standard InChI is InChI=1S/C49H54N4O3.Pt/c1-28-17-41-43(50-27-28)53(39-16-15-34(45(5,6)7)24-40(39)55-41)36-20-31(4)51-42(25-36)54-37-22-32(21-35(23-37)46(8,9)10)44-52-48(14)38-19-30(3)29(2)18-33(38)26-49(48,56-44)47(11,12)13;/h15-21,23-24,27H,26H2,1-14H3;/q-2;+2/t48-,49-;/m1./s1. The second kappa shape index (κ2) is 13.5. The Balaban J connectivity index is 0.00000496. The Morgan fingerprint density at radius 3 is 2.18 bits per heavy atom. The third kappa shape index (κ3) is 6.78. The third-order valence-corrected chi connectivity index (χ3v) is 12.0. The van der Waals surface area contributed by atoms with Crippen molar-refractivity contribution in [2.45, 2.75) is 125 Å². The smallest absolute Gasteiger partial charge is 0.510 e. The van der Waals surface area contributed by atoms with Gasteiger partial charge >= 0.3 is 21.1 Å². The minimum absolute atomic E-state index is 0. The molecule has 8 heteroatoms. The van der Waals surface area contributed by atoms with Gasteiger partial charge in [0.2, 0.25) is 0 Å². The van der Waals surface area contributed by atoms with E-state index in [9.17, 15) is 0 Å². The molecule has 8 rings (SSSR count). The van der Waals surface area contributed by atoms with E-state index in [0.29, 0.717) is 29.1 Å². The molecule has 2 aliphatic heterocycles. The molecule has 57 heavy (non-hydrogen) atoms. The Labute approximate surface area is 353 Å². The van der Waals surface area contributed by atoms with Gasteiger partial charge in [0.15, 0.2) is 17.3 Å². The fourth-order valence-corrected chi connectivity index (χ4v) is 8.56. The Morgan fingerprint density at radius 1 is 0.789 bits per heavy atom.